The molecule has 2 amide bonds. The SMILES string of the molecule is O=C(O)C1CCN(C(=O)NCC2(c3ccc4c(c3)OCCO4)CCCC2)CC1. The first-order valence-corrected chi connectivity index (χ1v) is 10.2. The van der Waals surface area contributed by atoms with Crippen molar-refractivity contribution in [2.24, 2.45) is 5.92 Å². The van der Waals surface area contributed by atoms with Crippen LogP contribution in [0.1, 0.15) is 44.1 Å². The topological polar surface area (TPSA) is 88.1 Å². The Kier molecular flexibility index (Phi) is 5.33. The number of fused-ring (bicyclic) bond motifs is 1. The Bertz CT molecular complexity index is 736. The average Bonchev–Trinajstić information content (AvgIpc) is 3.22. The Morgan fingerprint density at radius 1 is 1.11 bits per heavy atom. The molecule has 0 spiro atoms. The van der Waals surface area contributed by atoms with Gasteiger partial charge in [-0.1, -0.05) is 18.9 Å². The van der Waals surface area contributed by atoms with Crippen molar-refractivity contribution in [3.05, 3.63) is 23.8 Å². The van der Waals surface area contributed by atoms with E-state index in [4.69, 9.17) is 14.6 Å². The molecular formula is C21H28N2O5. The molecule has 1 saturated heterocycles. The molecule has 2 fully saturated rings. The first-order chi connectivity index (χ1) is 13.6. The third-order valence-corrected chi connectivity index (χ3v) is 6.42. The van der Waals surface area contributed by atoms with E-state index >= 15 is 0 Å². The van der Waals surface area contributed by atoms with Crippen LogP contribution in [0.15, 0.2) is 18.2 Å². The zero-order chi connectivity index (χ0) is 19.6. The van der Waals surface area contributed by atoms with Crippen LogP contribution in [-0.4, -0.2) is 54.9 Å². The van der Waals surface area contributed by atoms with Crippen LogP contribution >= 0.6 is 0 Å². The van der Waals surface area contributed by atoms with Gasteiger partial charge in [-0.15, -0.1) is 0 Å². The summed E-state index contributed by atoms with van der Waals surface area (Å²) in [5.74, 6) is 0.483. The van der Waals surface area contributed by atoms with Crippen molar-refractivity contribution >= 4 is 12.0 Å². The van der Waals surface area contributed by atoms with Gasteiger partial charge in [-0.05, 0) is 43.4 Å². The maximum atomic E-state index is 12.7. The standard InChI is InChI=1S/C21H28N2O5/c24-19(25)15-5-9-23(10-6-15)20(26)22-14-21(7-1-2-8-21)16-3-4-17-18(13-16)28-12-11-27-17/h3-4,13,15H,1-2,5-12,14H2,(H,22,26)(H,24,25). The Morgan fingerprint density at radius 2 is 1.79 bits per heavy atom. The average molecular weight is 388 g/mol. The lowest BCUT2D eigenvalue weighted by atomic mass is 9.78. The van der Waals surface area contributed by atoms with E-state index in [9.17, 15) is 9.59 Å². The minimum atomic E-state index is -0.761. The van der Waals surface area contributed by atoms with Crippen LogP contribution in [-0.2, 0) is 10.2 Å². The number of rotatable bonds is 4. The second kappa shape index (κ2) is 7.89. The number of carbonyl (C=O) groups excluding carboxylic acids is 1. The van der Waals surface area contributed by atoms with Crippen LogP contribution in [0.3, 0.4) is 0 Å². The van der Waals surface area contributed by atoms with Gasteiger partial charge in [0.25, 0.3) is 0 Å². The van der Waals surface area contributed by atoms with Crippen LogP contribution in [0, 0.1) is 5.92 Å². The maximum absolute atomic E-state index is 12.7. The number of amides is 2. The molecule has 2 N–H and O–H groups in total. The zero-order valence-electron chi connectivity index (χ0n) is 16.1. The lowest BCUT2D eigenvalue weighted by Gasteiger charge is -2.34. The second-order valence-electron chi connectivity index (χ2n) is 8.10. The molecule has 152 valence electrons. The van der Waals surface area contributed by atoms with Crippen molar-refractivity contribution in [1.82, 2.24) is 10.2 Å². The molecule has 0 aromatic heterocycles. The van der Waals surface area contributed by atoms with Crippen LogP contribution in [0.25, 0.3) is 0 Å². The molecule has 0 atom stereocenters. The number of benzene rings is 1. The zero-order valence-corrected chi connectivity index (χ0v) is 16.1. The first kappa shape index (κ1) is 18.9. The van der Waals surface area contributed by atoms with E-state index in [2.05, 4.69) is 17.4 Å². The summed E-state index contributed by atoms with van der Waals surface area (Å²) in [6, 6.07) is 6.06. The molecule has 3 aliphatic rings. The smallest absolute Gasteiger partial charge is 0.317 e. The fourth-order valence-corrected chi connectivity index (χ4v) is 4.68. The highest BCUT2D eigenvalue weighted by molar-refractivity contribution is 5.75. The molecule has 1 aliphatic carbocycles. The molecule has 0 radical (unpaired) electrons. The molecule has 1 saturated carbocycles. The number of likely N-dealkylation sites (tertiary alicyclic amines) is 1. The third-order valence-electron chi connectivity index (χ3n) is 6.42. The van der Waals surface area contributed by atoms with Crippen molar-refractivity contribution < 1.29 is 24.2 Å². The molecule has 1 aromatic rings. The fraction of sp³-hybridized carbons (Fsp3) is 0.619. The summed E-state index contributed by atoms with van der Waals surface area (Å²) in [4.78, 5) is 25.5. The number of nitrogens with one attached hydrogen (secondary N) is 1. The van der Waals surface area contributed by atoms with Crippen LogP contribution in [0.5, 0.6) is 11.5 Å². The Hall–Kier alpha value is -2.44. The largest absolute Gasteiger partial charge is 0.486 e. The maximum Gasteiger partial charge on any atom is 0.317 e. The predicted octanol–water partition coefficient (Wildman–Crippen LogP) is 2.78. The van der Waals surface area contributed by atoms with Crippen molar-refractivity contribution in [3.63, 3.8) is 0 Å². The molecule has 4 rings (SSSR count). The van der Waals surface area contributed by atoms with Gasteiger partial charge >= 0.3 is 12.0 Å². The van der Waals surface area contributed by atoms with E-state index in [1.165, 1.54) is 5.56 Å². The van der Waals surface area contributed by atoms with Crippen molar-refractivity contribution in [1.29, 1.82) is 0 Å². The fourth-order valence-electron chi connectivity index (χ4n) is 4.68. The minimum Gasteiger partial charge on any atom is -0.486 e. The van der Waals surface area contributed by atoms with Gasteiger partial charge in [0.2, 0.25) is 0 Å². The Labute approximate surface area is 165 Å². The number of nitrogens with zero attached hydrogens (tertiary/aromatic N) is 1. The van der Waals surface area contributed by atoms with Gasteiger partial charge in [0.1, 0.15) is 13.2 Å². The molecular weight excluding hydrogens is 360 g/mol. The summed E-state index contributed by atoms with van der Waals surface area (Å²) in [7, 11) is 0. The molecule has 1 aromatic carbocycles. The number of ether oxygens (including phenoxy) is 2. The Balaban J connectivity index is 1.41. The quantitative estimate of drug-likeness (QED) is 0.828. The summed E-state index contributed by atoms with van der Waals surface area (Å²) < 4.78 is 11.4. The summed E-state index contributed by atoms with van der Waals surface area (Å²) in [6.45, 7) is 2.72. The number of urea groups is 1. The number of hydrogen-bond donors (Lipinski definition) is 2. The number of carboxylic acid groups (broad SMARTS) is 1. The molecule has 7 nitrogen and oxygen atoms in total. The summed E-state index contributed by atoms with van der Waals surface area (Å²) >= 11 is 0. The molecule has 0 bridgehead atoms. The van der Waals surface area contributed by atoms with Crippen LogP contribution in [0.2, 0.25) is 0 Å². The molecule has 2 heterocycles. The van der Waals surface area contributed by atoms with Gasteiger partial charge in [-0.3, -0.25) is 4.79 Å². The third kappa shape index (κ3) is 3.75. The minimum absolute atomic E-state index is 0.0785. The van der Waals surface area contributed by atoms with E-state index in [0.717, 1.165) is 37.2 Å². The van der Waals surface area contributed by atoms with Gasteiger partial charge in [-0.2, -0.15) is 0 Å². The molecule has 2 aliphatic heterocycles. The van der Waals surface area contributed by atoms with Crippen LogP contribution in [0.4, 0.5) is 4.79 Å². The van der Waals surface area contributed by atoms with E-state index < -0.39 is 5.97 Å². The lowest BCUT2D eigenvalue weighted by molar-refractivity contribution is -0.143. The predicted molar refractivity (Wildman–Crippen MR) is 103 cm³/mol. The molecule has 7 heteroatoms. The second-order valence-corrected chi connectivity index (χ2v) is 8.10. The monoisotopic (exact) mass is 388 g/mol. The van der Waals surface area contributed by atoms with Crippen molar-refractivity contribution in [3.8, 4) is 11.5 Å². The number of carboxylic acids is 1. The van der Waals surface area contributed by atoms with Gasteiger partial charge in [0.05, 0.1) is 5.92 Å². The highest BCUT2D eigenvalue weighted by Crippen LogP contribution is 2.43. The Morgan fingerprint density at radius 3 is 2.46 bits per heavy atom. The molecule has 0 unspecified atom stereocenters. The highest BCUT2D eigenvalue weighted by atomic mass is 16.6. The van der Waals surface area contributed by atoms with Crippen molar-refractivity contribution in [2.75, 3.05) is 32.8 Å². The molecule has 28 heavy (non-hydrogen) atoms. The lowest BCUT2D eigenvalue weighted by Crippen LogP contribution is -2.48. The number of piperidine rings is 1. The highest BCUT2D eigenvalue weighted by Gasteiger charge is 2.37. The summed E-state index contributed by atoms with van der Waals surface area (Å²) in [6.07, 6.45) is 5.41. The number of aliphatic carboxylic acids is 1. The van der Waals surface area contributed by atoms with Gasteiger partial charge in [0.15, 0.2) is 11.5 Å². The summed E-state index contributed by atoms with van der Waals surface area (Å²) in [5.41, 5.74) is 1.12. The van der Waals surface area contributed by atoms with Gasteiger partial charge < -0.3 is 24.8 Å². The van der Waals surface area contributed by atoms with Crippen LogP contribution < -0.4 is 14.8 Å². The van der Waals surface area contributed by atoms with E-state index in [-0.39, 0.29) is 17.4 Å². The normalized spacial score (nSPS) is 21.4. The number of hydrogen-bond acceptors (Lipinski definition) is 4. The van der Waals surface area contributed by atoms with Gasteiger partial charge in [0, 0.05) is 25.0 Å². The number of carbonyl (C=O) groups is 2. The van der Waals surface area contributed by atoms with E-state index in [1.807, 2.05) is 6.07 Å². The van der Waals surface area contributed by atoms with E-state index in [0.29, 0.717) is 45.7 Å². The van der Waals surface area contributed by atoms with E-state index in [1.54, 1.807) is 4.90 Å². The summed E-state index contributed by atoms with van der Waals surface area (Å²) in [5, 5.41) is 12.2. The first-order valence-electron chi connectivity index (χ1n) is 10.2. The van der Waals surface area contributed by atoms with Gasteiger partial charge in [-0.25, -0.2) is 4.79 Å². The van der Waals surface area contributed by atoms with Crippen molar-refractivity contribution in [2.45, 2.75) is 43.9 Å².